The average Bonchev–Trinajstić information content (AvgIpc) is 2.77. The van der Waals surface area contributed by atoms with Crippen LogP contribution in [0.1, 0.15) is 32.5 Å². The van der Waals surface area contributed by atoms with Gasteiger partial charge in [-0.25, -0.2) is 4.98 Å². The number of imidazole rings is 1. The summed E-state index contributed by atoms with van der Waals surface area (Å²) in [5.41, 5.74) is 0.547. The summed E-state index contributed by atoms with van der Waals surface area (Å²) >= 11 is 0. The first kappa shape index (κ1) is 9.71. The molecule has 1 N–H and O–H groups in total. The van der Waals surface area contributed by atoms with E-state index in [9.17, 15) is 0 Å². The lowest BCUT2D eigenvalue weighted by atomic mass is 10.0. The molecule has 0 aliphatic heterocycles. The van der Waals surface area contributed by atoms with Crippen molar-refractivity contribution in [2.24, 2.45) is 12.5 Å². The fraction of sp³-hybridized carbons (Fsp3) is 0.727. The lowest BCUT2D eigenvalue weighted by molar-refractivity contribution is 0.374. The van der Waals surface area contributed by atoms with Gasteiger partial charge in [-0.15, -0.1) is 0 Å². The molecule has 78 valence electrons. The second-order valence-corrected chi connectivity index (χ2v) is 4.71. The molecule has 3 heteroatoms. The summed E-state index contributed by atoms with van der Waals surface area (Å²) in [7, 11) is 2.04. The van der Waals surface area contributed by atoms with Crippen molar-refractivity contribution in [3.8, 4) is 0 Å². The van der Waals surface area contributed by atoms with Crippen LogP contribution in [0.2, 0.25) is 0 Å². The Kier molecular flexibility index (Phi) is 2.35. The Morgan fingerprint density at radius 2 is 2.36 bits per heavy atom. The number of aromatic nitrogens is 2. The van der Waals surface area contributed by atoms with E-state index in [1.165, 1.54) is 12.8 Å². The molecule has 1 aromatic rings. The quantitative estimate of drug-likeness (QED) is 0.788. The lowest BCUT2D eigenvalue weighted by Crippen LogP contribution is -2.33. The van der Waals surface area contributed by atoms with Crippen LogP contribution in [0.25, 0.3) is 0 Å². The zero-order valence-electron chi connectivity index (χ0n) is 9.25. The Balaban J connectivity index is 1.85. The Labute approximate surface area is 85.5 Å². The van der Waals surface area contributed by atoms with E-state index in [1.807, 2.05) is 19.4 Å². The van der Waals surface area contributed by atoms with Gasteiger partial charge >= 0.3 is 0 Å². The van der Waals surface area contributed by atoms with Crippen LogP contribution in [0.4, 0.5) is 0 Å². The first-order valence-electron chi connectivity index (χ1n) is 5.31. The van der Waals surface area contributed by atoms with E-state index in [1.54, 1.807) is 0 Å². The minimum Gasteiger partial charge on any atom is -0.337 e. The molecule has 1 saturated carbocycles. The van der Waals surface area contributed by atoms with E-state index in [2.05, 4.69) is 28.7 Å². The number of hydrogen-bond acceptors (Lipinski definition) is 2. The molecule has 0 bridgehead atoms. The summed E-state index contributed by atoms with van der Waals surface area (Å²) in [4.78, 5) is 4.29. The molecule has 14 heavy (non-hydrogen) atoms. The van der Waals surface area contributed by atoms with Crippen molar-refractivity contribution in [2.45, 2.75) is 39.3 Å². The first-order chi connectivity index (χ1) is 6.62. The van der Waals surface area contributed by atoms with Crippen molar-refractivity contribution >= 4 is 0 Å². The highest BCUT2D eigenvalue weighted by Gasteiger charge is 2.42. The zero-order valence-corrected chi connectivity index (χ0v) is 9.25. The second-order valence-electron chi connectivity index (χ2n) is 4.71. The number of aryl methyl sites for hydroxylation is 1. The molecular formula is C11H19N3. The van der Waals surface area contributed by atoms with Gasteiger partial charge in [0.15, 0.2) is 0 Å². The van der Waals surface area contributed by atoms with E-state index in [4.69, 9.17) is 0 Å². The van der Waals surface area contributed by atoms with Crippen molar-refractivity contribution in [1.82, 2.24) is 14.9 Å². The smallest absolute Gasteiger partial charge is 0.122 e. The molecular weight excluding hydrogens is 174 g/mol. The minimum atomic E-state index is 0.547. The highest BCUT2D eigenvalue weighted by Crippen LogP contribution is 2.47. The van der Waals surface area contributed by atoms with Crippen molar-refractivity contribution in [3.05, 3.63) is 18.2 Å². The largest absolute Gasteiger partial charge is 0.337 e. The van der Waals surface area contributed by atoms with Crippen molar-refractivity contribution in [3.63, 3.8) is 0 Å². The Hall–Kier alpha value is -0.830. The summed E-state index contributed by atoms with van der Waals surface area (Å²) in [6.07, 6.45) is 6.56. The van der Waals surface area contributed by atoms with Crippen molar-refractivity contribution < 1.29 is 0 Å². The summed E-state index contributed by atoms with van der Waals surface area (Å²) in [6.45, 7) is 5.50. The first-order valence-corrected chi connectivity index (χ1v) is 5.31. The van der Waals surface area contributed by atoms with Gasteiger partial charge in [-0.1, -0.05) is 6.92 Å². The van der Waals surface area contributed by atoms with Crippen LogP contribution < -0.4 is 5.32 Å². The van der Waals surface area contributed by atoms with Gasteiger partial charge in [-0.05, 0) is 25.2 Å². The van der Waals surface area contributed by atoms with Gasteiger partial charge < -0.3 is 9.88 Å². The summed E-state index contributed by atoms with van der Waals surface area (Å²) < 4.78 is 2.06. The molecule has 0 radical (unpaired) electrons. The number of rotatable bonds is 4. The number of hydrogen-bond donors (Lipinski definition) is 1. The second kappa shape index (κ2) is 3.39. The maximum Gasteiger partial charge on any atom is 0.122 e. The minimum absolute atomic E-state index is 0.547. The average molecular weight is 193 g/mol. The molecule has 1 heterocycles. The predicted octanol–water partition coefficient (Wildman–Crippen LogP) is 1.70. The van der Waals surface area contributed by atoms with E-state index >= 15 is 0 Å². The van der Waals surface area contributed by atoms with E-state index in [0.717, 1.165) is 12.4 Å². The van der Waals surface area contributed by atoms with Crippen LogP contribution in [0, 0.1) is 5.41 Å². The molecule has 1 aromatic heterocycles. The maximum atomic E-state index is 4.29. The molecule has 0 spiro atoms. The summed E-state index contributed by atoms with van der Waals surface area (Å²) in [6, 6.07) is 0.596. The van der Waals surface area contributed by atoms with Crippen LogP contribution >= 0.6 is 0 Å². The van der Waals surface area contributed by atoms with Crippen LogP contribution in [0.15, 0.2) is 12.4 Å². The number of nitrogens with zero attached hydrogens (tertiary/aromatic N) is 2. The zero-order chi connectivity index (χ0) is 10.2. The van der Waals surface area contributed by atoms with Gasteiger partial charge in [0.1, 0.15) is 5.82 Å². The van der Waals surface area contributed by atoms with Crippen LogP contribution in [0.5, 0.6) is 0 Å². The fourth-order valence-electron chi connectivity index (χ4n) is 1.69. The van der Waals surface area contributed by atoms with Gasteiger partial charge in [-0.3, -0.25) is 0 Å². The molecule has 2 rings (SSSR count). The SMILES string of the molecule is CC(NCc1nccn1C)C1(C)CC1. The Bertz CT molecular complexity index is 312. The number of nitrogens with one attached hydrogen (secondary N) is 1. The summed E-state index contributed by atoms with van der Waals surface area (Å²) in [5, 5.41) is 3.54. The Morgan fingerprint density at radius 3 is 2.86 bits per heavy atom. The predicted molar refractivity (Wildman–Crippen MR) is 56.9 cm³/mol. The van der Waals surface area contributed by atoms with Gasteiger partial charge in [0, 0.05) is 25.5 Å². The molecule has 1 fully saturated rings. The van der Waals surface area contributed by atoms with Gasteiger partial charge in [-0.2, -0.15) is 0 Å². The normalized spacial score (nSPS) is 20.8. The highest BCUT2D eigenvalue weighted by atomic mass is 15.1. The van der Waals surface area contributed by atoms with Crippen LogP contribution in [-0.4, -0.2) is 15.6 Å². The molecule has 0 saturated heterocycles. The molecule has 1 aliphatic rings. The van der Waals surface area contributed by atoms with Crippen LogP contribution in [-0.2, 0) is 13.6 Å². The topological polar surface area (TPSA) is 29.9 Å². The third-order valence-electron chi connectivity index (χ3n) is 3.57. The molecule has 1 unspecified atom stereocenters. The summed E-state index contributed by atoms with van der Waals surface area (Å²) in [5.74, 6) is 1.11. The standard InChI is InChI=1S/C11H19N3/c1-9(11(2)4-5-11)13-8-10-12-6-7-14(10)3/h6-7,9,13H,4-5,8H2,1-3H3. The monoisotopic (exact) mass is 193 g/mol. The molecule has 0 aromatic carbocycles. The van der Waals surface area contributed by atoms with Gasteiger partial charge in [0.05, 0.1) is 6.54 Å². The van der Waals surface area contributed by atoms with E-state index in [-0.39, 0.29) is 0 Å². The third-order valence-corrected chi connectivity index (χ3v) is 3.57. The molecule has 1 aliphatic carbocycles. The van der Waals surface area contributed by atoms with E-state index in [0.29, 0.717) is 11.5 Å². The molecule has 0 amide bonds. The third kappa shape index (κ3) is 1.82. The fourth-order valence-corrected chi connectivity index (χ4v) is 1.69. The maximum absolute atomic E-state index is 4.29. The van der Waals surface area contributed by atoms with Gasteiger partial charge in [0.2, 0.25) is 0 Å². The highest BCUT2D eigenvalue weighted by molar-refractivity contribution is 4.98. The van der Waals surface area contributed by atoms with Gasteiger partial charge in [0.25, 0.3) is 0 Å². The molecule has 3 nitrogen and oxygen atoms in total. The lowest BCUT2D eigenvalue weighted by Gasteiger charge is -2.20. The van der Waals surface area contributed by atoms with Crippen LogP contribution in [0.3, 0.4) is 0 Å². The van der Waals surface area contributed by atoms with Crippen molar-refractivity contribution in [2.75, 3.05) is 0 Å². The Morgan fingerprint density at radius 1 is 1.64 bits per heavy atom. The van der Waals surface area contributed by atoms with E-state index < -0.39 is 0 Å². The molecule has 1 atom stereocenters. The van der Waals surface area contributed by atoms with Crippen molar-refractivity contribution in [1.29, 1.82) is 0 Å².